The largest absolute Gasteiger partial charge is 0.256 e. The Morgan fingerprint density at radius 1 is 0.577 bits per heavy atom. The molecule has 0 spiro atoms. The number of benzene rings is 3. The second-order valence-electron chi connectivity index (χ2n) is 6.55. The number of pyridine rings is 1. The first kappa shape index (κ1) is 16.3. The molecular weight excluding hydrogens is 314 g/mol. The number of hydrogen-bond acceptors (Lipinski definition) is 1. The van der Waals surface area contributed by atoms with Crippen LogP contribution in [0.5, 0.6) is 0 Å². The van der Waals surface area contributed by atoms with Crippen LogP contribution in [0.3, 0.4) is 0 Å². The quantitative estimate of drug-likeness (QED) is 0.411. The van der Waals surface area contributed by atoms with Crippen LogP contribution in [-0.4, -0.2) is 4.98 Å². The van der Waals surface area contributed by atoms with Gasteiger partial charge in [0.25, 0.3) is 0 Å². The van der Waals surface area contributed by atoms with Gasteiger partial charge in [-0.1, -0.05) is 85.8 Å². The van der Waals surface area contributed by atoms with E-state index in [1.807, 2.05) is 12.3 Å². The predicted octanol–water partition coefficient (Wildman–Crippen LogP) is 6.57. The first-order chi connectivity index (χ1) is 12.8. The minimum atomic E-state index is 0.355. The lowest BCUT2D eigenvalue weighted by Gasteiger charge is -2.14. The van der Waals surface area contributed by atoms with Gasteiger partial charge in [0.1, 0.15) is 0 Å². The second-order valence-corrected chi connectivity index (χ2v) is 6.55. The third-order valence-corrected chi connectivity index (χ3v) is 4.85. The maximum absolute atomic E-state index is 4.61. The zero-order valence-corrected chi connectivity index (χ0v) is 14.8. The highest BCUT2D eigenvalue weighted by Crippen LogP contribution is 2.29. The van der Waals surface area contributed by atoms with Crippen molar-refractivity contribution >= 4 is 0 Å². The molecule has 1 heteroatoms. The molecule has 0 aliphatic carbocycles. The molecule has 0 aliphatic heterocycles. The van der Waals surface area contributed by atoms with Crippen molar-refractivity contribution in [2.24, 2.45) is 0 Å². The maximum atomic E-state index is 4.61. The summed E-state index contributed by atoms with van der Waals surface area (Å²) in [7, 11) is 0. The van der Waals surface area contributed by atoms with Crippen molar-refractivity contribution in [3.8, 4) is 22.4 Å². The zero-order chi connectivity index (χ0) is 17.8. The molecule has 1 heterocycles. The van der Waals surface area contributed by atoms with Crippen molar-refractivity contribution in [3.05, 3.63) is 114 Å². The smallest absolute Gasteiger partial charge is 0.0708 e. The summed E-state index contributed by atoms with van der Waals surface area (Å²) in [6.07, 6.45) is 1.89. The van der Waals surface area contributed by atoms with E-state index in [0.717, 1.165) is 11.3 Å². The Morgan fingerprint density at radius 2 is 1.23 bits per heavy atom. The van der Waals surface area contributed by atoms with Crippen molar-refractivity contribution in [2.45, 2.75) is 12.8 Å². The van der Waals surface area contributed by atoms with Crippen molar-refractivity contribution < 1.29 is 0 Å². The lowest BCUT2D eigenvalue weighted by molar-refractivity contribution is 0.923. The summed E-state index contributed by atoms with van der Waals surface area (Å²) in [5, 5.41) is 0. The second kappa shape index (κ2) is 7.37. The summed E-state index contributed by atoms with van der Waals surface area (Å²) < 4.78 is 0. The molecule has 0 bridgehead atoms. The standard InChI is InChI=1S/C25H21N/c1-19(20-9-4-2-5-10-20)22-13-8-14-24(17-22)25-18-23(15-16-26-25)21-11-6-3-7-12-21/h2-19H,1H3. The minimum absolute atomic E-state index is 0.355. The third-order valence-electron chi connectivity index (χ3n) is 4.85. The molecule has 0 saturated carbocycles. The number of rotatable bonds is 4. The Balaban J connectivity index is 1.69. The Morgan fingerprint density at radius 3 is 2.00 bits per heavy atom. The van der Waals surface area contributed by atoms with Gasteiger partial charge in [-0.25, -0.2) is 0 Å². The van der Waals surface area contributed by atoms with Gasteiger partial charge in [-0.05, 0) is 40.5 Å². The molecule has 1 aromatic heterocycles. The van der Waals surface area contributed by atoms with Crippen LogP contribution in [0.1, 0.15) is 24.0 Å². The lowest BCUT2D eigenvalue weighted by atomic mass is 9.91. The van der Waals surface area contributed by atoms with Crippen LogP contribution in [0, 0.1) is 0 Å². The summed E-state index contributed by atoms with van der Waals surface area (Å²) in [5.41, 5.74) is 7.20. The van der Waals surface area contributed by atoms with Gasteiger partial charge in [-0.15, -0.1) is 0 Å². The molecule has 26 heavy (non-hydrogen) atoms. The molecular formula is C25H21N. The molecule has 0 fully saturated rings. The van der Waals surface area contributed by atoms with Crippen LogP contribution >= 0.6 is 0 Å². The van der Waals surface area contributed by atoms with Gasteiger partial charge in [0.2, 0.25) is 0 Å². The fourth-order valence-corrected chi connectivity index (χ4v) is 3.30. The summed E-state index contributed by atoms with van der Waals surface area (Å²) in [6, 6.07) is 34.0. The van der Waals surface area contributed by atoms with Gasteiger partial charge < -0.3 is 0 Å². The molecule has 0 radical (unpaired) electrons. The van der Waals surface area contributed by atoms with Gasteiger partial charge in [0.15, 0.2) is 0 Å². The molecule has 126 valence electrons. The SMILES string of the molecule is CC(c1ccccc1)c1cccc(-c2cc(-c3ccccc3)ccn2)c1. The van der Waals surface area contributed by atoms with Gasteiger partial charge >= 0.3 is 0 Å². The molecule has 1 nitrogen and oxygen atoms in total. The van der Waals surface area contributed by atoms with Crippen LogP contribution in [0.15, 0.2) is 103 Å². The van der Waals surface area contributed by atoms with Gasteiger partial charge in [-0.3, -0.25) is 4.98 Å². The Kier molecular flexibility index (Phi) is 4.61. The fourth-order valence-electron chi connectivity index (χ4n) is 3.30. The average molecular weight is 335 g/mol. The van der Waals surface area contributed by atoms with E-state index in [-0.39, 0.29) is 0 Å². The highest BCUT2D eigenvalue weighted by atomic mass is 14.7. The van der Waals surface area contributed by atoms with Crippen LogP contribution in [0.25, 0.3) is 22.4 Å². The van der Waals surface area contributed by atoms with Crippen LogP contribution in [0.2, 0.25) is 0 Å². The molecule has 0 N–H and O–H groups in total. The van der Waals surface area contributed by atoms with Gasteiger partial charge in [0.05, 0.1) is 5.69 Å². The normalized spacial score (nSPS) is 11.9. The molecule has 0 saturated heterocycles. The third kappa shape index (κ3) is 3.43. The minimum Gasteiger partial charge on any atom is -0.256 e. The van der Waals surface area contributed by atoms with E-state index in [0.29, 0.717) is 5.92 Å². The maximum Gasteiger partial charge on any atom is 0.0708 e. The van der Waals surface area contributed by atoms with Crippen molar-refractivity contribution in [2.75, 3.05) is 0 Å². The molecule has 1 unspecified atom stereocenters. The van der Waals surface area contributed by atoms with Crippen LogP contribution in [-0.2, 0) is 0 Å². The summed E-state index contributed by atoms with van der Waals surface area (Å²) >= 11 is 0. The van der Waals surface area contributed by atoms with E-state index >= 15 is 0 Å². The topological polar surface area (TPSA) is 12.9 Å². The Hall–Kier alpha value is -3.19. The first-order valence-corrected chi connectivity index (χ1v) is 8.98. The fraction of sp³-hybridized carbons (Fsp3) is 0.0800. The van der Waals surface area contributed by atoms with E-state index in [9.17, 15) is 0 Å². The van der Waals surface area contributed by atoms with E-state index in [2.05, 4.69) is 103 Å². The molecule has 4 rings (SSSR count). The summed E-state index contributed by atoms with van der Waals surface area (Å²) in [4.78, 5) is 4.61. The van der Waals surface area contributed by atoms with Crippen LogP contribution < -0.4 is 0 Å². The molecule has 3 aromatic carbocycles. The number of nitrogens with zero attached hydrogens (tertiary/aromatic N) is 1. The van der Waals surface area contributed by atoms with Crippen molar-refractivity contribution in [1.82, 2.24) is 4.98 Å². The predicted molar refractivity (Wildman–Crippen MR) is 109 cm³/mol. The Labute approximate surface area is 155 Å². The van der Waals surface area contributed by atoms with E-state index in [1.54, 1.807) is 0 Å². The van der Waals surface area contributed by atoms with E-state index < -0.39 is 0 Å². The molecule has 0 aliphatic rings. The zero-order valence-electron chi connectivity index (χ0n) is 14.8. The summed E-state index contributed by atoms with van der Waals surface area (Å²) in [5.74, 6) is 0.355. The number of hydrogen-bond donors (Lipinski definition) is 0. The number of aromatic nitrogens is 1. The van der Waals surface area contributed by atoms with Gasteiger partial charge in [0, 0.05) is 17.7 Å². The first-order valence-electron chi connectivity index (χ1n) is 8.98. The van der Waals surface area contributed by atoms with E-state index in [1.165, 1.54) is 22.3 Å². The van der Waals surface area contributed by atoms with E-state index in [4.69, 9.17) is 0 Å². The highest BCUT2D eigenvalue weighted by Gasteiger charge is 2.10. The average Bonchev–Trinajstić information content (AvgIpc) is 2.75. The van der Waals surface area contributed by atoms with Crippen LogP contribution in [0.4, 0.5) is 0 Å². The molecule has 1 atom stereocenters. The highest BCUT2D eigenvalue weighted by molar-refractivity contribution is 5.70. The van der Waals surface area contributed by atoms with Crippen molar-refractivity contribution in [3.63, 3.8) is 0 Å². The monoisotopic (exact) mass is 335 g/mol. The molecule has 4 aromatic rings. The van der Waals surface area contributed by atoms with Gasteiger partial charge in [-0.2, -0.15) is 0 Å². The Bertz CT molecular complexity index is 991. The summed E-state index contributed by atoms with van der Waals surface area (Å²) in [6.45, 7) is 2.25. The lowest BCUT2D eigenvalue weighted by Crippen LogP contribution is -1.96. The molecule has 0 amide bonds. The van der Waals surface area contributed by atoms with Crippen molar-refractivity contribution in [1.29, 1.82) is 0 Å².